The molecular weight excluding hydrogens is 357 g/mol. The van der Waals surface area contributed by atoms with E-state index in [4.69, 9.17) is 28.0 Å². The van der Waals surface area contributed by atoms with Crippen LogP contribution in [0.25, 0.3) is 0 Å². The number of halogens is 2. The van der Waals surface area contributed by atoms with E-state index in [-0.39, 0.29) is 0 Å². The van der Waals surface area contributed by atoms with Gasteiger partial charge in [-0.3, -0.25) is 10.2 Å². The van der Waals surface area contributed by atoms with E-state index in [1.54, 1.807) is 23.6 Å². The summed E-state index contributed by atoms with van der Waals surface area (Å²) >= 11 is 13.7. The largest absolute Gasteiger partial charge is 0.344 e. The summed E-state index contributed by atoms with van der Waals surface area (Å²) in [6.45, 7) is 5.50. The highest BCUT2D eigenvalue weighted by Crippen LogP contribution is 2.28. The molecule has 0 aliphatic rings. The Bertz CT molecular complexity index is 678. The maximum absolute atomic E-state index is 11.7. The van der Waals surface area contributed by atoms with Crippen LogP contribution in [0.4, 0.5) is 10.6 Å². The third kappa shape index (κ3) is 5.66. The number of hydrogen-bond acceptors (Lipinski definition) is 4. The highest BCUT2D eigenvalue weighted by Gasteiger charge is 2.14. The van der Waals surface area contributed by atoms with E-state index in [1.807, 2.05) is 20.8 Å². The second kappa shape index (κ2) is 7.49. The lowest BCUT2D eigenvalue weighted by atomic mass is 10.1. The number of anilines is 1. The number of carbonyl (C=O) groups is 1. The first-order chi connectivity index (χ1) is 10.7. The third-order valence-corrected chi connectivity index (χ3v) is 4.19. The van der Waals surface area contributed by atoms with Crippen molar-refractivity contribution in [3.05, 3.63) is 44.2 Å². The first-order valence-corrected chi connectivity index (χ1v) is 8.50. The maximum atomic E-state index is 11.7. The minimum atomic E-state index is -0.479. The molecule has 5 nitrogen and oxygen atoms in total. The van der Waals surface area contributed by atoms with Crippen LogP contribution in [0.2, 0.25) is 10.0 Å². The highest BCUT2D eigenvalue weighted by atomic mass is 35.5. The smallest absolute Gasteiger partial charge is 0.290 e. The normalized spacial score (nSPS) is 11.3. The van der Waals surface area contributed by atoms with Crippen molar-refractivity contribution < 1.29 is 9.63 Å². The SMILES string of the molecule is CC(C)(C)ONC(=O)Nc1csc(Cc2c(Cl)cccc2Cl)n1. The van der Waals surface area contributed by atoms with Crippen molar-refractivity contribution in [2.24, 2.45) is 0 Å². The van der Waals surface area contributed by atoms with E-state index in [2.05, 4.69) is 15.8 Å². The molecular formula is C15H17Cl2N3O2S. The van der Waals surface area contributed by atoms with Crippen molar-refractivity contribution >= 4 is 46.4 Å². The molecule has 0 saturated heterocycles. The summed E-state index contributed by atoms with van der Waals surface area (Å²) in [6, 6.07) is 4.88. The number of hydroxylamine groups is 1. The number of urea groups is 1. The van der Waals surface area contributed by atoms with Crippen LogP contribution in [0.1, 0.15) is 31.3 Å². The van der Waals surface area contributed by atoms with E-state index in [9.17, 15) is 4.79 Å². The van der Waals surface area contributed by atoms with Gasteiger partial charge in [-0.1, -0.05) is 29.3 Å². The Morgan fingerprint density at radius 1 is 1.30 bits per heavy atom. The lowest BCUT2D eigenvalue weighted by Gasteiger charge is -2.18. The van der Waals surface area contributed by atoms with Crippen LogP contribution in [0.3, 0.4) is 0 Å². The van der Waals surface area contributed by atoms with Gasteiger partial charge in [-0.25, -0.2) is 15.3 Å². The van der Waals surface area contributed by atoms with E-state index in [1.165, 1.54) is 11.3 Å². The molecule has 0 radical (unpaired) electrons. The van der Waals surface area contributed by atoms with Crippen molar-refractivity contribution in [1.29, 1.82) is 0 Å². The lowest BCUT2D eigenvalue weighted by molar-refractivity contribution is -0.0505. The molecule has 8 heteroatoms. The van der Waals surface area contributed by atoms with Gasteiger partial charge in [0.1, 0.15) is 5.82 Å². The average molecular weight is 374 g/mol. The molecule has 2 N–H and O–H groups in total. The molecule has 0 unspecified atom stereocenters. The summed E-state index contributed by atoms with van der Waals surface area (Å²) in [5.41, 5.74) is 2.67. The number of hydrogen-bond donors (Lipinski definition) is 2. The third-order valence-electron chi connectivity index (χ3n) is 2.63. The fourth-order valence-electron chi connectivity index (χ4n) is 1.64. The van der Waals surface area contributed by atoms with Crippen LogP contribution in [-0.4, -0.2) is 16.6 Å². The molecule has 124 valence electrons. The van der Waals surface area contributed by atoms with Gasteiger partial charge in [-0.15, -0.1) is 11.3 Å². The standard InChI is InChI=1S/C15H17Cl2N3O2S/c1-15(2,3)22-20-14(21)19-12-8-23-13(18-12)7-9-10(16)5-4-6-11(9)17/h4-6,8H,7H2,1-3H3,(H2,19,20,21). The Balaban J connectivity index is 1.97. The number of aromatic nitrogens is 1. The fraction of sp³-hybridized carbons (Fsp3) is 0.333. The van der Waals surface area contributed by atoms with Crippen molar-refractivity contribution in [3.8, 4) is 0 Å². The minimum absolute atomic E-state index is 0.447. The molecule has 1 heterocycles. The lowest BCUT2D eigenvalue weighted by Crippen LogP contribution is -2.36. The van der Waals surface area contributed by atoms with Gasteiger partial charge in [-0.2, -0.15) is 0 Å². The Hall–Kier alpha value is -1.34. The van der Waals surface area contributed by atoms with Crippen molar-refractivity contribution in [1.82, 2.24) is 10.5 Å². The van der Waals surface area contributed by atoms with E-state index in [0.29, 0.717) is 22.3 Å². The topological polar surface area (TPSA) is 63.2 Å². The number of benzene rings is 1. The molecule has 0 atom stereocenters. The van der Waals surface area contributed by atoms with Crippen LogP contribution in [-0.2, 0) is 11.3 Å². The Labute approximate surface area is 148 Å². The predicted octanol–water partition coefficient (Wildman–Crippen LogP) is 4.89. The summed E-state index contributed by atoms with van der Waals surface area (Å²) in [4.78, 5) is 21.2. The quantitative estimate of drug-likeness (QED) is 0.749. The zero-order valence-corrected chi connectivity index (χ0v) is 15.3. The molecule has 0 saturated carbocycles. The number of amides is 2. The van der Waals surface area contributed by atoms with E-state index < -0.39 is 11.6 Å². The van der Waals surface area contributed by atoms with Gasteiger partial charge in [0.25, 0.3) is 0 Å². The molecule has 0 fully saturated rings. The van der Waals surface area contributed by atoms with Crippen LogP contribution in [0.5, 0.6) is 0 Å². The van der Waals surface area contributed by atoms with Crippen LogP contribution in [0, 0.1) is 0 Å². The molecule has 0 bridgehead atoms. The first kappa shape index (κ1) is 18.0. The number of nitrogens with zero attached hydrogens (tertiary/aromatic N) is 1. The second-order valence-corrected chi connectivity index (χ2v) is 7.53. The average Bonchev–Trinajstić information content (AvgIpc) is 2.87. The number of thiazole rings is 1. The Morgan fingerprint density at radius 3 is 2.57 bits per heavy atom. The molecule has 2 amide bonds. The van der Waals surface area contributed by atoms with Crippen molar-refractivity contribution in [2.75, 3.05) is 5.32 Å². The Morgan fingerprint density at radius 2 is 1.96 bits per heavy atom. The van der Waals surface area contributed by atoms with Crippen LogP contribution >= 0.6 is 34.5 Å². The summed E-state index contributed by atoms with van der Waals surface area (Å²) in [7, 11) is 0. The molecule has 0 aliphatic carbocycles. The number of nitrogens with one attached hydrogen (secondary N) is 2. The van der Waals surface area contributed by atoms with Gasteiger partial charge in [0, 0.05) is 21.8 Å². The van der Waals surface area contributed by atoms with E-state index >= 15 is 0 Å². The maximum Gasteiger partial charge on any atom is 0.344 e. The molecule has 1 aromatic carbocycles. The van der Waals surface area contributed by atoms with Gasteiger partial charge >= 0.3 is 6.03 Å². The van der Waals surface area contributed by atoms with Crippen LogP contribution < -0.4 is 10.8 Å². The summed E-state index contributed by atoms with van der Waals surface area (Å²) in [5.74, 6) is 0.447. The number of carbonyl (C=O) groups excluding carboxylic acids is 1. The molecule has 23 heavy (non-hydrogen) atoms. The van der Waals surface area contributed by atoms with Crippen molar-refractivity contribution in [2.45, 2.75) is 32.8 Å². The molecule has 2 rings (SSSR count). The minimum Gasteiger partial charge on any atom is -0.290 e. The highest BCUT2D eigenvalue weighted by molar-refractivity contribution is 7.10. The van der Waals surface area contributed by atoms with Gasteiger partial charge in [0.15, 0.2) is 0 Å². The summed E-state index contributed by atoms with van der Waals surface area (Å²) in [5, 5.41) is 6.34. The Kier molecular flexibility index (Phi) is 5.86. The van der Waals surface area contributed by atoms with E-state index in [0.717, 1.165) is 10.6 Å². The summed E-state index contributed by atoms with van der Waals surface area (Å²) in [6.07, 6.45) is 0.505. The van der Waals surface area contributed by atoms with Crippen LogP contribution in [0.15, 0.2) is 23.6 Å². The van der Waals surface area contributed by atoms with Gasteiger partial charge in [0.05, 0.1) is 10.6 Å². The number of rotatable bonds is 4. The second-order valence-electron chi connectivity index (χ2n) is 5.77. The molecule has 2 aromatic rings. The van der Waals surface area contributed by atoms with Gasteiger partial charge < -0.3 is 0 Å². The van der Waals surface area contributed by atoms with Gasteiger partial charge in [-0.05, 0) is 38.5 Å². The molecule has 1 aromatic heterocycles. The monoisotopic (exact) mass is 373 g/mol. The fourth-order valence-corrected chi connectivity index (χ4v) is 2.91. The van der Waals surface area contributed by atoms with Gasteiger partial charge in [0.2, 0.25) is 0 Å². The first-order valence-electron chi connectivity index (χ1n) is 6.87. The summed E-state index contributed by atoms with van der Waals surface area (Å²) < 4.78 is 0. The molecule has 0 spiro atoms. The predicted molar refractivity (Wildman–Crippen MR) is 94.4 cm³/mol. The molecule has 0 aliphatic heterocycles. The zero-order valence-electron chi connectivity index (χ0n) is 12.9. The van der Waals surface area contributed by atoms with Crippen molar-refractivity contribution in [3.63, 3.8) is 0 Å². The zero-order chi connectivity index (χ0) is 17.0.